The van der Waals surface area contributed by atoms with E-state index in [2.05, 4.69) is 5.32 Å². The lowest BCUT2D eigenvalue weighted by Gasteiger charge is -2.30. The largest absolute Gasteiger partial charge is 0.481 e. The summed E-state index contributed by atoms with van der Waals surface area (Å²) in [5.41, 5.74) is 0. The molecule has 1 aliphatic heterocycles. The number of hydrogen-bond donors (Lipinski definition) is 2. The third-order valence-corrected chi connectivity index (χ3v) is 3.63. The van der Waals surface area contributed by atoms with E-state index in [1.54, 1.807) is 4.90 Å². The van der Waals surface area contributed by atoms with Gasteiger partial charge in [0.05, 0.1) is 12.5 Å². The highest BCUT2D eigenvalue weighted by atomic mass is 16.5. The van der Waals surface area contributed by atoms with E-state index in [0.29, 0.717) is 13.2 Å². The lowest BCUT2D eigenvalue weighted by Crippen LogP contribution is -2.49. The van der Waals surface area contributed by atoms with E-state index in [1.165, 1.54) is 0 Å². The van der Waals surface area contributed by atoms with E-state index in [-0.39, 0.29) is 30.6 Å². The molecule has 1 saturated carbocycles. The van der Waals surface area contributed by atoms with Gasteiger partial charge in [-0.05, 0) is 32.6 Å². The van der Waals surface area contributed by atoms with Gasteiger partial charge in [-0.2, -0.15) is 0 Å². The van der Waals surface area contributed by atoms with Crippen LogP contribution in [-0.2, 0) is 9.53 Å². The zero-order valence-corrected chi connectivity index (χ0v) is 11.3. The Morgan fingerprint density at radius 3 is 2.68 bits per heavy atom. The number of carboxylic acid groups (broad SMARTS) is 1. The van der Waals surface area contributed by atoms with Crippen LogP contribution in [0.15, 0.2) is 0 Å². The molecule has 0 bridgehead atoms. The number of ether oxygens (including phenoxy) is 1. The lowest BCUT2D eigenvalue weighted by atomic mass is 10.0. The van der Waals surface area contributed by atoms with Crippen LogP contribution in [0.25, 0.3) is 0 Å². The fraction of sp³-hybridized carbons (Fsp3) is 0.846. The standard InChI is InChI=1S/C13H22N2O4/c1-9-8-10(5-7-19-9)14-13(18)15(11-2-3-11)6-4-12(16)17/h9-11H,2-8H2,1H3,(H,14,18)(H,16,17). The summed E-state index contributed by atoms with van der Waals surface area (Å²) in [6.07, 6.45) is 3.80. The quantitative estimate of drug-likeness (QED) is 0.787. The van der Waals surface area contributed by atoms with Crippen LogP contribution in [0.2, 0.25) is 0 Å². The van der Waals surface area contributed by atoms with Gasteiger partial charge in [0, 0.05) is 25.2 Å². The van der Waals surface area contributed by atoms with Crippen LogP contribution in [0.3, 0.4) is 0 Å². The zero-order chi connectivity index (χ0) is 13.8. The summed E-state index contributed by atoms with van der Waals surface area (Å²) in [6, 6.07) is 0.252. The minimum Gasteiger partial charge on any atom is -0.481 e. The third-order valence-electron chi connectivity index (χ3n) is 3.63. The summed E-state index contributed by atoms with van der Waals surface area (Å²) >= 11 is 0. The van der Waals surface area contributed by atoms with Crippen molar-refractivity contribution in [2.24, 2.45) is 0 Å². The Morgan fingerprint density at radius 1 is 1.37 bits per heavy atom. The Morgan fingerprint density at radius 2 is 2.11 bits per heavy atom. The molecule has 1 heterocycles. The smallest absolute Gasteiger partial charge is 0.317 e. The van der Waals surface area contributed by atoms with Crippen LogP contribution in [0, 0.1) is 0 Å². The molecule has 6 heteroatoms. The maximum absolute atomic E-state index is 12.2. The van der Waals surface area contributed by atoms with Gasteiger partial charge in [0.2, 0.25) is 0 Å². The van der Waals surface area contributed by atoms with Crippen LogP contribution >= 0.6 is 0 Å². The first-order chi connectivity index (χ1) is 9.06. The lowest BCUT2D eigenvalue weighted by molar-refractivity contribution is -0.137. The highest BCUT2D eigenvalue weighted by Gasteiger charge is 2.34. The number of carboxylic acids is 1. The van der Waals surface area contributed by atoms with Crippen molar-refractivity contribution in [2.45, 2.75) is 57.2 Å². The minimum atomic E-state index is -0.863. The summed E-state index contributed by atoms with van der Waals surface area (Å²) in [6.45, 7) is 2.97. The molecule has 0 spiro atoms. The molecule has 1 aliphatic carbocycles. The molecular formula is C13H22N2O4. The number of aliphatic carboxylic acids is 1. The monoisotopic (exact) mass is 270 g/mol. The predicted molar refractivity (Wildman–Crippen MR) is 68.9 cm³/mol. The molecule has 2 fully saturated rings. The first-order valence-corrected chi connectivity index (χ1v) is 6.97. The first kappa shape index (κ1) is 14.1. The fourth-order valence-corrected chi connectivity index (χ4v) is 2.44. The number of carbonyl (C=O) groups excluding carboxylic acids is 1. The van der Waals surface area contributed by atoms with Crippen molar-refractivity contribution in [1.29, 1.82) is 0 Å². The molecule has 6 nitrogen and oxygen atoms in total. The summed E-state index contributed by atoms with van der Waals surface area (Å²) in [4.78, 5) is 24.5. The minimum absolute atomic E-state index is 0.00804. The van der Waals surface area contributed by atoms with E-state index in [9.17, 15) is 9.59 Å². The SMILES string of the molecule is CC1CC(NC(=O)N(CCC(=O)O)C2CC2)CCO1. The van der Waals surface area contributed by atoms with E-state index < -0.39 is 5.97 Å². The topological polar surface area (TPSA) is 78.9 Å². The predicted octanol–water partition coefficient (Wildman–Crippen LogP) is 1.20. The van der Waals surface area contributed by atoms with E-state index in [4.69, 9.17) is 9.84 Å². The van der Waals surface area contributed by atoms with Crippen molar-refractivity contribution in [3.63, 3.8) is 0 Å². The van der Waals surface area contributed by atoms with Gasteiger partial charge in [-0.1, -0.05) is 0 Å². The maximum Gasteiger partial charge on any atom is 0.317 e. The fourth-order valence-electron chi connectivity index (χ4n) is 2.44. The Labute approximate surface area is 113 Å². The second-order valence-electron chi connectivity index (χ2n) is 5.42. The molecule has 0 aromatic heterocycles. The molecule has 2 unspecified atom stereocenters. The Bertz CT molecular complexity index is 344. The second-order valence-corrected chi connectivity index (χ2v) is 5.42. The molecule has 19 heavy (non-hydrogen) atoms. The molecule has 2 aliphatic rings. The Balaban J connectivity index is 1.82. The van der Waals surface area contributed by atoms with Crippen molar-refractivity contribution >= 4 is 12.0 Å². The number of urea groups is 1. The average Bonchev–Trinajstić information content (AvgIpc) is 3.13. The van der Waals surface area contributed by atoms with Crippen molar-refractivity contribution < 1.29 is 19.4 Å². The van der Waals surface area contributed by atoms with Gasteiger partial charge >= 0.3 is 12.0 Å². The normalized spacial score (nSPS) is 26.8. The van der Waals surface area contributed by atoms with Crippen molar-refractivity contribution in [3.8, 4) is 0 Å². The van der Waals surface area contributed by atoms with Gasteiger partial charge in [-0.25, -0.2) is 4.79 Å². The molecule has 2 atom stereocenters. The highest BCUT2D eigenvalue weighted by Crippen LogP contribution is 2.27. The van der Waals surface area contributed by atoms with Gasteiger partial charge < -0.3 is 20.1 Å². The van der Waals surface area contributed by atoms with Gasteiger partial charge in [0.25, 0.3) is 0 Å². The van der Waals surface area contributed by atoms with Crippen molar-refractivity contribution in [2.75, 3.05) is 13.2 Å². The molecule has 1 saturated heterocycles. The number of rotatable bonds is 5. The molecule has 2 amide bonds. The summed E-state index contributed by atoms with van der Waals surface area (Å²) < 4.78 is 5.45. The van der Waals surface area contributed by atoms with Crippen LogP contribution in [-0.4, -0.2) is 53.3 Å². The number of nitrogens with one attached hydrogen (secondary N) is 1. The molecule has 0 aromatic carbocycles. The van der Waals surface area contributed by atoms with E-state index in [0.717, 1.165) is 25.7 Å². The molecular weight excluding hydrogens is 248 g/mol. The molecule has 108 valence electrons. The molecule has 0 aromatic rings. The van der Waals surface area contributed by atoms with E-state index in [1.807, 2.05) is 6.92 Å². The van der Waals surface area contributed by atoms with Crippen LogP contribution < -0.4 is 5.32 Å². The molecule has 2 N–H and O–H groups in total. The van der Waals surface area contributed by atoms with Crippen molar-refractivity contribution in [3.05, 3.63) is 0 Å². The third kappa shape index (κ3) is 4.38. The zero-order valence-electron chi connectivity index (χ0n) is 11.3. The average molecular weight is 270 g/mol. The number of hydrogen-bond acceptors (Lipinski definition) is 3. The van der Waals surface area contributed by atoms with Crippen LogP contribution in [0.5, 0.6) is 0 Å². The second kappa shape index (κ2) is 6.23. The maximum atomic E-state index is 12.2. The first-order valence-electron chi connectivity index (χ1n) is 6.97. The Hall–Kier alpha value is -1.30. The summed E-state index contributed by atoms with van der Waals surface area (Å²) in [7, 11) is 0. The summed E-state index contributed by atoms with van der Waals surface area (Å²) in [5, 5.41) is 11.7. The van der Waals surface area contributed by atoms with Crippen LogP contribution in [0.1, 0.15) is 39.0 Å². The van der Waals surface area contributed by atoms with Gasteiger partial charge in [0.15, 0.2) is 0 Å². The number of nitrogens with zero attached hydrogens (tertiary/aromatic N) is 1. The van der Waals surface area contributed by atoms with Crippen LogP contribution in [0.4, 0.5) is 4.79 Å². The van der Waals surface area contributed by atoms with Gasteiger partial charge in [-0.3, -0.25) is 4.79 Å². The van der Waals surface area contributed by atoms with Crippen molar-refractivity contribution in [1.82, 2.24) is 10.2 Å². The van der Waals surface area contributed by atoms with Gasteiger partial charge in [0.1, 0.15) is 0 Å². The molecule has 2 rings (SSSR count). The highest BCUT2D eigenvalue weighted by molar-refractivity contribution is 5.76. The number of amides is 2. The number of carbonyl (C=O) groups is 2. The molecule has 0 radical (unpaired) electrons. The Kier molecular flexibility index (Phi) is 4.63. The van der Waals surface area contributed by atoms with Gasteiger partial charge in [-0.15, -0.1) is 0 Å². The van der Waals surface area contributed by atoms with E-state index >= 15 is 0 Å². The summed E-state index contributed by atoms with van der Waals surface area (Å²) in [5.74, 6) is -0.863.